The monoisotopic (exact) mass is 287 g/mol. The average Bonchev–Trinajstić information content (AvgIpc) is 2.81. The van der Waals surface area contributed by atoms with Crippen molar-refractivity contribution in [2.45, 2.75) is 20.0 Å². The normalized spacial score (nSPS) is 11.2. The van der Waals surface area contributed by atoms with Crippen molar-refractivity contribution in [1.82, 2.24) is 14.8 Å². The van der Waals surface area contributed by atoms with Gasteiger partial charge in [-0.25, -0.2) is 9.67 Å². The molecule has 0 radical (unpaired) electrons. The van der Waals surface area contributed by atoms with E-state index in [4.69, 9.17) is 16.3 Å². The smallest absolute Gasteiger partial charge is 0.131 e. The summed E-state index contributed by atoms with van der Waals surface area (Å²) in [5, 5.41) is 5.90. The lowest BCUT2D eigenvalue weighted by Gasteiger charge is -2.10. The lowest BCUT2D eigenvalue weighted by Crippen LogP contribution is -2.05. The van der Waals surface area contributed by atoms with Gasteiger partial charge in [0, 0.05) is 23.7 Å². The number of pyridine rings is 1. The van der Waals surface area contributed by atoms with Gasteiger partial charge in [0.15, 0.2) is 0 Å². The third kappa shape index (κ3) is 2.47. The third-order valence-electron chi connectivity index (χ3n) is 2.87. The third-order valence-corrected chi connectivity index (χ3v) is 3.08. The second kappa shape index (κ2) is 5.13. The molecule has 2 heterocycles. The summed E-state index contributed by atoms with van der Waals surface area (Å²) in [5.41, 5.74) is 1.85. The Kier molecular flexibility index (Phi) is 3.32. The van der Waals surface area contributed by atoms with Gasteiger partial charge >= 0.3 is 0 Å². The van der Waals surface area contributed by atoms with E-state index in [1.54, 1.807) is 12.3 Å². The molecule has 2 aromatic heterocycles. The van der Waals surface area contributed by atoms with Crippen molar-refractivity contribution < 1.29 is 4.74 Å². The van der Waals surface area contributed by atoms with Gasteiger partial charge in [0.05, 0.1) is 23.5 Å². The van der Waals surface area contributed by atoms with Crippen molar-refractivity contribution in [1.29, 1.82) is 0 Å². The maximum absolute atomic E-state index is 5.94. The van der Waals surface area contributed by atoms with Gasteiger partial charge in [0.1, 0.15) is 10.9 Å². The van der Waals surface area contributed by atoms with Gasteiger partial charge in [-0.2, -0.15) is 5.10 Å². The Morgan fingerprint density at radius 2 is 2.05 bits per heavy atom. The van der Waals surface area contributed by atoms with Crippen LogP contribution in [0.5, 0.6) is 5.75 Å². The molecule has 4 nitrogen and oxygen atoms in total. The standard InChI is InChI=1S/C15H14ClN3O/c1-10(2)20-13-4-3-11-9-18-19(14(11)8-13)12-5-6-17-15(16)7-12/h3-10H,1-2H3. The van der Waals surface area contributed by atoms with E-state index in [2.05, 4.69) is 10.1 Å². The maximum atomic E-state index is 5.94. The predicted octanol–water partition coefficient (Wildman–Crippen LogP) is 3.86. The molecule has 5 heteroatoms. The zero-order chi connectivity index (χ0) is 14.1. The SMILES string of the molecule is CC(C)Oc1ccc2cnn(-c3ccnc(Cl)c3)c2c1. The van der Waals surface area contributed by atoms with Crippen LogP contribution in [-0.4, -0.2) is 20.9 Å². The summed E-state index contributed by atoms with van der Waals surface area (Å²) in [6, 6.07) is 9.59. The van der Waals surface area contributed by atoms with Gasteiger partial charge in [-0.05, 0) is 32.0 Å². The molecule has 0 saturated carbocycles. The zero-order valence-corrected chi connectivity index (χ0v) is 12.0. The van der Waals surface area contributed by atoms with Crippen molar-refractivity contribution in [2.24, 2.45) is 0 Å². The molecule has 0 aliphatic rings. The lowest BCUT2D eigenvalue weighted by molar-refractivity contribution is 0.242. The summed E-state index contributed by atoms with van der Waals surface area (Å²) >= 11 is 5.94. The molecule has 20 heavy (non-hydrogen) atoms. The van der Waals surface area contributed by atoms with Gasteiger partial charge in [0.2, 0.25) is 0 Å². The first-order chi connectivity index (χ1) is 9.63. The van der Waals surface area contributed by atoms with E-state index in [1.807, 2.05) is 49.0 Å². The van der Waals surface area contributed by atoms with Crippen LogP contribution in [0.3, 0.4) is 0 Å². The Hall–Kier alpha value is -2.07. The highest BCUT2D eigenvalue weighted by Gasteiger charge is 2.08. The topological polar surface area (TPSA) is 39.9 Å². The second-order valence-electron chi connectivity index (χ2n) is 4.78. The number of hydrogen-bond donors (Lipinski definition) is 0. The quantitative estimate of drug-likeness (QED) is 0.687. The highest BCUT2D eigenvalue weighted by atomic mass is 35.5. The first-order valence-corrected chi connectivity index (χ1v) is 6.77. The fourth-order valence-electron chi connectivity index (χ4n) is 2.07. The summed E-state index contributed by atoms with van der Waals surface area (Å²) in [6.07, 6.45) is 3.63. The number of fused-ring (bicyclic) bond motifs is 1. The molecule has 1 aromatic carbocycles. The molecule has 0 N–H and O–H groups in total. The molecular weight excluding hydrogens is 274 g/mol. The van der Waals surface area contributed by atoms with E-state index in [0.29, 0.717) is 5.15 Å². The zero-order valence-electron chi connectivity index (χ0n) is 11.2. The van der Waals surface area contributed by atoms with E-state index < -0.39 is 0 Å². The Balaban J connectivity index is 2.11. The molecule has 0 aliphatic heterocycles. The van der Waals surface area contributed by atoms with Crippen LogP contribution in [0.4, 0.5) is 0 Å². The molecule has 0 atom stereocenters. The van der Waals surface area contributed by atoms with Crippen LogP contribution < -0.4 is 4.74 Å². The molecule has 3 rings (SSSR count). The summed E-state index contributed by atoms with van der Waals surface area (Å²) in [6.45, 7) is 4.01. The number of halogens is 1. The fourth-order valence-corrected chi connectivity index (χ4v) is 2.24. The van der Waals surface area contributed by atoms with Crippen LogP contribution in [0.2, 0.25) is 5.15 Å². The Morgan fingerprint density at radius 3 is 2.80 bits per heavy atom. The number of benzene rings is 1. The largest absolute Gasteiger partial charge is 0.491 e. The van der Waals surface area contributed by atoms with Gasteiger partial charge in [-0.3, -0.25) is 0 Å². The molecule has 0 saturated heterocycles. The molecule has 0 amide bonds. The number of rotatable bonds is 3. The Bertz CT molecular complexity index is 752. The van der Waals surface area contributed by atoms with Crippen LogP contribution in [0.15, 0.2) is 42.7 Å². The molecule has 0 fully saturated rings. The number of hydrogen-bond acceptors (Lipinski definition) is 3. The van der Waals surface area contributed by atoms with Gasteiger partial charge < -0.3 is 4.74 Å². The number of ether oxygens (including phenoxy) is 1. The van der Waals surface area contributed by atoms with Gasteiger partial charge in [-0.15, -0.1) is 0 Å². The van der Waals surface area contributed by atoms with E-state index in [1.165, 1.54) is 0 Å². The van der Waals surface area contributed by atoms with Crippen molar-refractivity contribution in [2.75, 3.05) is 0 Å². The molecule has 0 aliphatic carbocycles. The van der Waals surface area contributed by atoms with E-state index in [9.17, 15) is 0 Å². The van der Waals surface area contributed by atoms with Crippen molar-refractivity contribution in [3.63, 3.8) is 0 Å². The predicted molar refractivity (Wildman–Crippen MR) is 79.6 cm³/mol. The first kappa shape index (κ1) is 12.9. The molecule has 102 valence electrons. The fraction of sp³-hybridized carbons (Fsp3) is 0.200. The molecule has 0 bridgehead atoms. The highest BCUT2D eigenvalue weighted by Crippen LogP contribution is 2.24. The van der Waals surface area contributed by atoms with Crippen LogP contribution >= 0.6 is 11.6 Å². The average molecular weight is 288 g/mol. The Labute approximate surface area is 122 Å². The molecule has 0 spiro atoms. The minimum absolute atomic E-state index is 0.138. The van der Waals surface area contributed by atoms with Crippen LogP contribution in [0.1, 0.15) is 13.8 Å². The van der Waals surface area contributed by atoms with E-state index in [-0.39, 0.29) is 6.10 Å². The second-order valence-corrected chi connectivity index (χ2v) is 5.17. The minimum Gasteiger partial charge on any atom is -0.491 e. The summed E-state index contributed by atoms with van der Waals surface area (Å²) in [7, 11) is 0. The van der Waals surface area contributed by atoms with Crippen LogP contribution in [0.25, 0.3) is 16.6 Å². The molecule has 0 unspecified atom stereocenters. The summed E-state index contributed by atoms with van der Waals surface area (Å²) < 4.78 is 7.56. The molecular formula is C15H14ClN3O. The van der Waals surface area contributed by atoms with Crippen LogP contribution in [0, 0.1) is 0 Å². The lowest BCUT2D eigenvalue weighted by atomic mass is 10.2. The summed E-state index contributed by atoms with van der Waals surface area (Å²) in [5.74, 6) is 0.828. The molecule has 3 aromatic rings. The van der Waals surface area contributed by atoms with E-state index in [0.717, 1.165) is 22.3 Å². The van der Waals surface area contributed by atoms with E-state index >= 15 is 0 Å². The number of aromatic nitrogens is 3. The Morgan fingerprint density at radius 1 is 1.20 bits per heavy atom. The van der Waals surface area contributed by atoms with Crippen LogP contribution in [-0.2, 0) is 0 Å². The number of nitrogens with zero attached hydrogens (tertiary/aromatic N) is 3. The summed E-state index contributed by atoms with van der Waals surface area (Å²) in [4.78, 5) is 3.99. The first-order valence-electron chi connectivity index (χ1n) is 6.40. The van der Waals surface area contributed by atoms with Crippen molar-refractivity contribution in [3.05, 3.63) is 47.9 Å². The minimum atomic E-state index is 0.138. The van der Waals surface area contributed by atoms with Crippen molar-refractivity contribution in [3.8, 4) is 11.4 Å². The van der Waals surface area contributed by atoms with Gasteiger partial charge in [0.25, 0.3) is 0 Å². The highest BCUT2D eigenvalue weighted by molar-refractivity contribution is 6.29. The maximum Gasteiger partial charge on any atom is 0.131 e. The van der Waals surface area contributed by atoms with Crippen molar-refractivity contribution >= 4 is 22.5 Å². The van der Waals surface area contributed by atoms with Gasteiger partial charge in [-0.1, -0.05) is 11.6 Å².